The lowest BCUT2D eigenvalue weighted by atomic mass is 10.1. The van der Waals surface area contributed by atoms with Gasteiger partial charge in [-0.3, -0.25) is 9.67 Å². The Morgan fingerprint density at radius 3 is 2.48 bits per heavy atom. The van der Waals surface area contributed by atoms with Crippen molar-refractivity contribution in [1.82, 2.24) is 14.8 Å². The van der Waals surface area contributed by atoms with Crippen LogP contribution in [0.4, 0.5) is 13.2 Å². The highest BCUT2D eigenvalue weighted by molar-refractivity contribution is 7.71. The first kappa shape index (κ1) is 15.5. The maximum Gasteiger partial charge on any atom is 0.416 e. The number of benzene rings is 2. The molecule has 0 radical (unpaired) electrons. The van der Waals surface area contributed by atoms with E-state index in [1.165, 1.54) is 6.07 Å². The molecule has 3 rings (SSSR count). The number of aromatic amines is 1. The van der Waals surface area contributed by atoms with Crippen LogP contribution in [0, 0.1) is 4.77 Å². The Bertz CT molecular complexity index is 866. The molecule has 0 aliphatic carbocycles. The first-order chi connectivity index (χ1) is 10.9. The highest BCUT2D eigenvalue weighted by Crippen LogP contribution is 2.31. The summed E-state index contributed by atoms with van der Waals surface area (Å²) < 4.78 is 40.7. The Morgan fingerprint density at radius 1 is 1.04 bits per heavy atom. The van der Waals surface area contributed by atoms with Crippen LogP contribution >= 0.6 is 12.2 Å². The molecule has 0 atom stereocenters. The third-order valence-electron chi connectivity index (χ3n) is 3.39. The highest BCUT2D eigenvalue weighted by Gasteiger charge is 2.30. The Balaban J connectivity index is 2.03. The minimum atomic E-state index is -4.40. The van der Waals surface area contributed by atoms with Crippen LogP contribution in [0.3, 0.4) is 0 Å². The monoisotopic (exact) mass is 335 g/mol. The van der Waals surface area contributed by atoms with E-state index >= 15 is 0 Å². The summed E-state index contributed by atoms with van der Waals surface area (Å²) in [6.45, 7) is 0.432. The van der Waals surface area contributed by atoms with Gasteiger partial charge in [0.2, 0.25) is 0 Å². The second kappa shape index (κ2) is 6.00. The molecule has 118 valence electrons. The molecule has 0 aliphatic heterocycles. The topological polar surface area (TPSA) is 33.6 Å². The van der Waals surface area contributed by atoms with E-state index in [1.54, 1.807) is 10.6 Å². The van der Waals surface area contributed by atoms with E-state index in [1.807, 2.05) is 30.3 Å². The quantitative estimate of drug-likeness (QED) is 0.706. The fourth-order valence-electron chi connectivity index (χ4n) is 2.29. The maximum absolute atomic E-state index is 12.9. The number of rotatable bonds is 3. The molecule has 0 spiro atoms. The SMILES string of the molecule is FC(F)(F)c1cccc(-c2n[nH]c(=S)n2Cc2ccccc2)c1. The van der Waals surface area contributed by atoms with E-state index in [9.17, 15) is 13.2 Å². The van der Waals surface area contributed by atoms with Gasteiger partial charge in [-0.15, -0.1) is 0 Å². The first-order valence-corrected chi connectivity index (χ1v) is 7.23. The molecule has 3 aromatic rings. The smallest absolute Gasteiger partial charge is 0.296 e. The summed E-state index contributed by atoms with van der Waals surface area (Å²) in [5.41, 5.74) is 0.636. The van der Waals surface area contributed by atoms with Crippen molar-refractivity contribution in [3.05, 3.63) is 70.5 Å². The third-order valence-corrected chi connectivity index (χ3v) is 3.70. The largest absolute Gasteiger partial charge is 0.416 e. The summed E-state index contributed by atoms with van der Waals surface area (Å²) in [6.07, 6.45) is -4.40. The van der Waals surface area contributed by atoms with E-state index in [0.717, 1.165) is 17.7 Å². The number of alkyl halides is 3. The van der Waals surface area contributed by atoms with Crippen LogP contribution in [0.15, 0.2) is 54.6 Å². The molecule has 0 unspecified atom stereocenters. The number of nitrogens with zero attached hydrogens (tertiary/aromatic N) is 2. The van der Waals surface area contributed by atoms with Crippen LogP contribution in [0.25, 0.3) is 11.4 Å². The number of hydrogen-bond donors (Lipinski definition) is 1. The summed E-state index contributed by atoms with van der Waals surface area (Å²) in [4.78, 5) is 0. The van der Waals surface area contributed by atoms with Crippen molar-refractivity contribution in [3.8, 4) is 11.4 Å². The Hall–Kier alpha value is -2.41. The summed E-state index contributed by atoms with van der Waals surface area (Å²) in [7, 11) is 0. The molecule has 0 bridgehead atoms. The van der Waals surface area contributed by atoms with Gasteiger partial charge in [0.05, 0.1) is 12.1 Å². The van der Waals surface area contributed by atoms with Crippen molar-refractivity contribution in [3.63, 3.8) is 0 Å². The Morgan fingerprint density at radius 2 is 1.78 bits per heavy atom. The van der Waals surface area contributed by atoms with Gasteiger partial charge in [-0.1, -0.05) is 42.5 Å². The highest BCUT2D eigenvalue weighted by atomic mass is 32.1. The summed E-state index contributed by atoms with van der Waals surface area (Å²) in [6, 6.07) is 14.6. The van der Waals surface area contributed by atoms with Crippen molar-refractivity contribution in [1.29, 1.82) is 0 Å². The molecular formula is C16H12F3N3S. The van der Waals surface area contributed by atoms with Crippen molar-refractivity contribution >= 4 is 12.2 Å². The van der Waals surface area contributed by atoms with Gasteiger partial charge in [0.1, 0.15) is 0 Å². The van der Waals surface area contributed by atoms with Crippen molar-refractivity contribution in [2.75, 3.05) is 0 Å². The zero-order chi connectivity index (χ0) is 16.4. The molecule has 0 aliphatic rings. The summed E-state index contributed by atoms with van der Waals surface area (Å²) in [5, 5.41) is 6.73. The third kappa shape index (κ3) is 3.34. The zero-order valence-electron chi connectivity index (χ0n) is 11.8. The predicted octanol–water partition coefficient (Wildman–Crippen LogP) is 4.67. The molecular weight excluding hydrogens is 323 g/mol. The molecule has 0 fully saturated rings. The summed E-state index contributed by atoms with van der Waals surface area (Å²) in [5.74, 6) is 0.380. The number of H-pyrrole nitrogens is 1. The molecule has 3 nitrogen and oxygen atoms in total. The molecule has 0 saturated heterocycles. The van der Waals surface area contributed by atoms with Gasteiger partial charge in [0.15, 0.2) is 10.6 Å². The van der Waals surface area contributed by atoms with E-state index in [2.05, 4.69) is 10.2 Å². The fraction of sp³-hybridized carbons (Fsp3) is 0.125. The second-order valence-electron chi connectivity index (χ2n) is 5.00. The minimum Gasteiger partial charge on any atom is -0.296 e. The van der Waals surface area contributed by atoms with Gasteiger partial charge >= 0.3 is 6.18 Å². The fourth-order valence-corrected chi connectivity index (χ4v) is 2.48. The second-order valence-corrected chi connectivity index (χ2v) is 5.39. The normalized spacial score (nSPS) is 11.6. The van der Waals surface area contributed by atoms with Crippen LogP contribution in [0.5, 0.6) is 0 Å². The maximum atomic E-state index is 12.9. The van der Waals surface area contributed by atoms with E-state index in [-0.39, 0.29) is 0 Å². The van der Waals surface area contributed by atoms with E-state index < -0.39 is 11.7 Å². The van der Waals surface area contributed by atoms with Gasteiger partial charge in [0, 0.05) is 5.56 Å². The molecule has 7 heteroatoms. The van der Waals surface area contributed by atoms with Gasteiger partial charge in [-0.25, -0.2) is 0 Å². The van der Waals surface area contributed by atoms with Crippen LogP contribution in [-0.4, -0.2) is 14.8 Å². The van der Waals surface area contributed by atoms with Crippen LogP contribution in [0.2, 0.25) is 0 Å². The van der Waals surface area contributed by atoms with Gasteiger partial charge in [-0.2, -0.15) is 18.3 Å². The molecule has 1 N–H and O–H groups in total. The molecule has 1 aromatic heterocycles. The molecule has 0 saturated carbocycles. The Labute approximate surface area is 135 Å². The van der Waals surface area contributed by atoms with E-state index in [4.69, 9.17) is 12.2 Å². The number of halogens is 3. The number of nitrogens with one attached hydrogen (secondary N) is 1. The van der Waals surface area contributed by atoms with Crippen LogP contribution in [-0.2, 0) is 12.7 Å². The minimum absolute atomic E-state index is 0.362. The molecule has 2 aromatic carbocycles. The lowest BCUT2D eigenvalue weighted by molar-refractivity contribution is -0.137. The standard InChI is InChI=1S/C16H12F3N3S/c17-16(18,19)13-8-4-7-12(9-13)14-20-21-15(23)22(14)10-11-5-2-1-3-6-11/h1-9H,10H2,(H,21,23). The number of hydrogen-bond acceptors (Lipinski definition) is 2. The lowest BCUT2D eigenvalue weighted by Crippen LogP contribution is -2.06. The van der Waals surface area contributed by atoms with Crippen LogP contribution in [0.1, 0.15) is 11.1 Å². The van der Waals surface area contributed by atoms with Crippen molar-refractivity contribution < 1.29 is 13.2 Å². The average Bonchev–Trinajstić information content (AvgIpc) is 2.89. The zero-order valence-corrected chi connectivity index (χ0v) is 12.7. The molecule has 0 amide bonds. The van der Waals surface area contributed by atoms with Crippen LogP contribution < -0.4 is 0 Å². The predicted molar refractivity (Wildman–Crippen MR) is 83.4 cm³/mol. The summed E-state index contributed by atoms with van der Waals surface area (Å²) >= 11 is 5.20. The lowest BCUT2D eigenvalue weighted by Gasteiger charge is -2.10. The van der Waals surface area contributed by atoms with Crippen molar-refractivity contribution in [2.45, 2.75) is 12.7 Å². The Kier molecular flexibility index (Phi) is 4.04. The van der Waals surface area contributed by atoms with Crippen molar-refractivity contribution in [2.24, 2.45) is 0 Å². The first-order valence-electron chi connectivity index (χ1n) is 6.82. The van der Waals surface area contributed by atoms with E-state index in [0.29, 0.717) is 22.7 Å². The molecule has 23 heavy (non-hydrogen) atoms. The average molecular weight is 335 g/mol. The number of aromatic nitrogens is 3. The van der Waals surface area contributed by atoms with Gasteiger partial charge < -0.3 is 0 Å². The van der Waals surface area contributed by atoms with Gasteiger partial charge in [0.25, 0.3) is 0 Å². The van der Waals surface area contributed by atoms with Gasteiger partial charge in [-0.05, 0) is 29.9 Å². The molecule has 1 heterocycles.